The molecule has 2 rings (SSSR count). The van der Waals surface area contributed by atoms with Crippen LogP contribution in [0.25, 0.3) is 0 Å². The summed E-state index contributed by atoms with van der Waals surface area (Å²) < 4.78 is 10.6. The number of terminal acetylenes is 1. The van der Waals surface area contributed by atoms with Crippen LogP contribution < -0.4 is 14.9 Å². The van der Waals surface area contributed by atoms with Crippen LogP contribution in [0.3, 0.4) is 0 Å². The van der Waals surface area contributed by atoms with Crippen LogP contribution in [-0.2, 0) is 11.2 Å². The molecule has 0 saturated carbocycles. The zero-order valence-electron chi connectivity index (χ0n) is 14.8. The second-order valence-electron chi connectivity index (χ2n) is 5.38. The number of benzene rings is 2. The highest BCUT2D eigenvalue weighted by molar-refractivity contribution is 6.32. The fourth-order valence-corrected chi connectivity index (χ4v) is 2.57. The molecule has 1 N–H and O–H groups in total. The molecule has 2 aromatic rings. The number of carbonyl (C=O) groups excluding carboxylic acids is 1. The molecule has 9 heteroatoms. The molecule has 1 amide bonds. The van der Waals surface area contributed by atoms with Crippen molar-refractivity contribution in [2.24, 2.45) is 5.10 Å². The number of nitrogens with zero attached hydrogens (tertiary/aromatic N) is 2. The number of carbonyl (C=O) groups is 1. The van der Waals surface area contributed by atoms with E-state index >= 15 is 0 Å². The number of amides is 1. The maximum absolute atomic E-state index is 12.0. The Morgan fingerprint density at radius 1 is 1.43 bits per heavy atom. The molecule has 0 aliphatic heterocycles. The lowest BCUT2D eigenvalue weighted by Crippen LogP contribution is -2.20. The molecule has 8 nitrogen and oxygen atoms in total. The first kappa shape index (κ1) is 20.7. The van der Waals surface area contributed by atoms with Gasteiger partial charge in [-0.1, -0.05) is 35.7 Å². The van der Waals surface area contributed by atoms with E-state index in [2.05, 4.69) is 16.4 Å². The lowest BCUT2D eigenvalue weighted by molar-refractivity contribution is -0.385. The standard InChI is InChI=1S/C19H16ClN3O5/c1-3-8-28-19-15(20)9-13(10-17(19)27-2)12-21-22-18(24)11-14-6-4-5-7-16(14)23(25)26/h1,4-7,9-10,12H,8,11H2,2H3,(H,22,24)/b21-12+. The monoisotopic (exact) mass is 401 g/mol. The molecular weight excluding hydrogens is 386 g/mol. The van der Waals surface area contributed by atoms with Gasteiger partial charge in [-0.05, 0) is 17.7 Å². The van der Waals surface area contributed by atoms with Gasteiger partial charge in [0.25, 0.3) is 5.69 Å². The highest BCUT2D eigenvalue weighted by atomic mass is 35.5. The Morgan fingerprint density at radius 2 is 2.18 bits per heavy atom. The molecule has 0 fully saturated rings. The van der Waals surface area contributed by atoms with Crippen LogP contribution in [0.1, 0.15) is 11.1 Å². The van der Waals surface area contributed by atoms with E-state index in [1.54, 1.807) is 18.2 Å². The van der Waals surface area contributed by atoms with Crippen LogP contribution in [0.2, 0.25) is 5.02 Å². The summed E-state index contributed by atoms with van der Waals surface area (Å²) in [5, 5.41) is 15.1. The molecule has 0 heterocycles. The molecule has 0 saturated heterocycles. The third-order valence-corrected chi connectivity index (χ3v) is 3.77. The number of hydrogen-bond donors (Lipinski definition) is 1. The quantitative estimate of drug-likeness (QED) is 0.317. The molecule has 28 heavy (non-hydrogen) atoms. The number of para-hydroxylation sites is 1. The van der Waals surface area contributed by atoms with Crippen molar-refractivity contribution in [3.05, 3.63) is 62.7 Å². The lowest BCUT2D eigenvalue weighted by atomic mass is 10.1. The van der Waals surface area contributed by atoms with E-state index in [4.69, 9.17) is 27.5 Å². The normalized spacial score (nSPS) is 10.3. The third kappa shape index (κ3) is 5.46. The summed E-state index contributed by atoms with van der Waals surface area (Å²) in [6.07, 6.45) is 6.34. The fraction of sp³-hybridized carbons (Fsp3) is 0.158. The van der Waals surface area contributed by atoms with Crippen molar-refractivity contribution in [2.75, 3.05) is 13.7 Å². The van der Waals surface area contributed by atoms with Crippen molar-refractivity contribution in [1.29, 1.82) is 0 Å². The SMILES string of the molecule is C#CCOc1c(Cl)cc(/C=N/NC(=O)Cc2ccccc2[N+](=O)[O-])cc1OC. The van der Waals surface area contributed by atoms with Gasteiger partial charge in [-0.3, -0.25) is 14.9 Å². The predicted octanol–water partition coefficient (Wildman–Crippen LogP) is 2.96. The van der Waals surface area contributed by atoms with E-state index in [-0.39, 0.29) is 23.7 Å². The van der Waals surface area contributed by atoms with Gasteiger partial charge in [-0.2, -0.15) is 5.10 Å². The summed E-state index contributed by atoms with van der Waals surface area (Å²) in [6.45, 7) is 0.0329. The lowest BCUT2D eigenvalue weighted by Gasteiger charge is -2.11. The number of halogens is 1. The minimum Gasteiger partial charge on any atom is -0.493 e. The Balaban J connectivity index is 2.06. The Morgan fingerprint density at radius 3 is 2.86 bits per heavy atom. The molecule has 0 radical (unpaired) electrons. The molecule has 0 bridgehead atoms. The van der Waals surface area contributed by atoms with Crippen LogP contribution in [0.15, 0.2) is 41.5 Å². The first-order chi connectivity index (χ1) is 13.5. The molecule has 2 aromatic carbocycles. The minimum atomic E-state index is -0.538. The van der Waals surface area contributed by atoms with E-state index in [0.29, 0.717) is 22.6 Å². The summed E-state index contributed by atoms with van der Waals surface area (Å²) in [4.78, 5) is 22.5. The van der Waals surface area contributed by atoms with Crippen molar-refractivity contribution in [2.45, 2.75) is 6.42 Å². The van der Waals surface area contributed by atoms with Gasteiger partial charge in [-0.25, -0.2) is 5.43 Å². The molecule has 0 aromatic heterocycles. The van der Waals surface area contributed by atoms with E-state index in [1.807, 2.05) is 0 Å². The molecule has 144 valence electrons. The summed E-state index contributed by atoms with van der Waals surface area (Å²) >= 11 is 6.16. The molecule has 0 atom stereocenters. The second kappa shape index (κ2) is 9.94. The van der Waals surface area contributed by atoms with Crippen molar-refractivity contribution < 1.29 is 19.2 Å². The van der Waals surface area contributed by atoms with Gasteiger partial charge in [0, 0.05) is 11.6 Å². The Hall–Kier alpha value is -3.57. The molecular formula is C19H16ClN3O5. The molecule has 0 aliphatic rings. The Labute approximate surface area is 166 Å². The zero-order chi connectivity index (χ0) is 20.5. The highest BCUT2D eigenvalue weighted by Gasteiger charge is 2.15. The second-order valence-corrected chi connectivity index (χ2v) is 5.79. The Kier molecular flexibility index (Phi) is 7.37. The van der Waals surface area contributed by atoms with Gasteiger partial charge in [0.2, 0.25) is 5.91 Å². The number of hydrogen-bond acceptors (Lipinski definition) is 6. The van der Waals surface area contributed by atoms with Gasteiger partial charge in [-0.15, -0.1) is 6.42 Å². The van der Waals surface area contributed by atoms with Gasteiger partial charge in [0.15, 0.2) is 11.5 Å². The minimum absolute atomic E-state index is 0.0329. The number of nitrogens with one attached hydrogen (secondary N) is 1. The van der Waals surface area contributed by atoms with Crippen molar-refractivity contribution in [3.63, 3.8) is 0 Å². The smallest absolute Gasteiger partial charge is 0.273 e. The summed E-state index contributed by atoms with van der Waals surface area (Å²) in [5.41, 5.74) is 3.03. The first-order valence-corrected chi connectivity index (χ1v) is 8.32. The Bertz CT molecular complexity index is 953. The first-order valence-electron chi connectivity index (χ1n) is 7.94. The number of nitro groups is 1. The maximum atomic E-state index is 12.0. The van der Waals surface area contributed by atoms with Crippen molar-refractivity contribution in [1.82, 2.24) is 5.43 Å². The number of ether oxygens (including phenoxy) is 2. The third-order valence-electron chi connectivity index (χ3n) is 3.49. The number of hydrazone groups is 1. The zero-order valence-corrected chi connectivity index (χ0v) is 15.6. The number of methoxy groups -OCH3 is 1. The van der Waals surface area contributed by atoms with Crippen LogP contribution in [0.4, 0.5) is 5.69 Å². The van der Waals surface area contributed by atoms with Gasteiger partial charge in [0.05, 0.1) is 29.7 Å². The van der Waals surface area contributed by atoms with E-state index in [1.165, 1.54) is 31.5 Å². The largest absolute Gasteiger partial charge is 0.493 e. The predicted molar refractivity (Wildman–Crippen MR) is 105 cm³/mol. The highest BCUT2D eigenvalue weighted by Crippen LogP contribution is 2.35. The number of rotatable bonds is 8. The van der Waals surface area contributed by atoms with Crippen LogP contribution in [-0.4, -0.2) is 30.8 Å². The topological polar surface area (TPSA) is 103 Å². The average molecular weight is 402 g/mol. The van der Waals surface area contributed by atoms with Crippen molar-refractivity contribution in [3.8, 4) is 23.8 Å². The number of nitro benzene ring substituents is 1. The maximum Gasteiger partial charge on any atom is 0.273 e. The molecule has 0 spiro atoms. The molecule has 0 unspecified atom stereocenters. The van der Waals surface area contributed by atoms with Crippen LogP contribution in [0.5, 0.6) is 11.5 Å². The summed E-state index contributed by atoms with van der Waals surface area (Å²) in [7, 11) is 1.45. The molecule has 0 aliphatic carbocycles. The average Bonchev–Trinajstić information content (AvgIpc) is 2.67. The fourth-order valence-electron chi connectivity index (χ4n) is 2.30. The van der Waals surface area contributed by atoms with Gasteiger partial charge in [0.1, 0.15) is 6.61 Å². The van der Waals surface area contributed by atoms with E-state index in [9.17, 15) is 14.9 Å². The van der Waals surface area contributed by atoms with Gasteiger partial charge < -0.3 is 9.47 Å². The van der Waals surface area contributed by atoms with E-state index < -0.39 is 10.8 Å². The van der Waals surface area contributed by atoms with Crippen LogP contribution in [0, 0.1) is 22.5 Å². The van der Waals surface area contributed by atoms with Gasteiger partial charge >= 0.3 is 0 Å². The summed E-state index contributed by atoms with van der Waals surface area (Å²) in [5.74, 6) is 2.49. The summed E-state index contributed by atoms with van der Waals surface area (Å²) in [6, 6.07) is 9.18. The van der Waals surface area contributed by atoms with Crippen molar-refractivity contribution >= 4 is 29.4 Å². The van der Waals surface area contributed by atoms with Crippen LogP contribution >= 0.6 is 11.6 Å². The van der Waals surface area contributed by atoms with E-state index in [0.717, 1.165) is 0 Å².